The molecule has 0 saturated heterocycles. The summed E-state index contributed by atoms with van der Waals surface area (Å²) in [5.74, 6) is 0.884. The number of carbonyl (C=O) groups is 2. The van der Waals surface area contributed by atoms with Gasteiger partial charge in [0.25, 0.3) is 0 Å². The number of benzene rings is 1. The minimum absolute atomic E-state index is 0.0209. The average Bonchev–Trinajstić information content (AvgIpc) is 3.06. The zero-order chi connectivity index (χ0) is 20.5. The van der Waals surface area contributed by atoms with Crippen molar-refractivity contribution in [1.82, 2.24) is 0 Å². The van der Waals surface area contributed by atoms with Crippen molar-refractivity contribution in [2.24, 2.45) is 22.7 Å². The third-order valence-electron chi connectivity index (χ3n) is 8.51. The lowest BCUT2D eigenvalue weighted by Gasteiger charge is -2.64. The van der Waals surface area contributed by atoms with Crippen molar-refractivity contribution in [3.63, 3.8) is 0 Å². The van der Waals surface area contributed by atoms with Gasteiger partial charge in [-0.15, -0.1) is 0 Å². The van der Waals surface area contributed by atoms with Crippen molar-refractivity contribution < 1.29 is 24.5 Å². The molecular formula is C23H30O5. The highest BCUT2D eigenvalue weighted by Crippen LogP contribution is 2.66. The van der Waals surface area contributed by atoms with Crippen molar-refractivity contribution in [2.45, 2.75) is 71.5 Å². The van der Waals surface area contributed by atoms with Crippen LogP contribution in [0, 0.1) is 22.7 Å². The number of aromatic hydroxyl groups is 1. The van der Waals surface area contributed by atoms with E-state index in [2.05, 4.69) is 27.7 Å². The number of hydrogen-bond acceptors (Lipinski definition) is 5. The fourth-order valence-electron chi connectivity index (χ4n) is 6.75. The van der Waals surface area contributed by atoms with E-state index >= 15 is 0 Å². The lowest BCUT2D eigenvalue weighted by atomic mass is 9.43. The van der Waals surface area contributed by atoms with Crippen LogP contribution < -0.4 is 4.74 Å². The third-order valence-corrected chi connectivity index (χ3v) is 8.51. The van der Waals surface area contributed by atoms with E-state index in [1.54, 1.807) is 0 Å². The maximum absolute atomic E-state index is 11.8. The molecule has 0 amide bonds. The molecule has 1 aromatic carbocycles. The Bertz CT molecular complexity index is 844. The minimum Gasteiger partial charge on any atom is -0.508 e. The van der Waals surface area contributed by atoms with E-state index in [0.29, 0.717) is 36.7 Å². The van der Waals surface area contributed by atoms with Gasteiger partial charge in [0.05, 0.1) is 11.7 Å². The van der Waals surface area contributed by atoms with Gasteiger partial charge in [0.1, 0.15) is 17.1 Å². The first-order valence-corrected chi connectivity index (χ1v) is 10.3. The Kier molecular flexibility index (Phi) is 4.20. The summed E-state index contributed by atoms with van der Waals surface area (Å²) in [5.41, 5.74) is 0.0139. The molecule has 5 heteroatoms. The Labute approximate surface area is 166 Å². The predicted molar refractivity (Wildman–Crippen MR) is 105 cm³/mol. The number of ether oxygens (including phenoxy) is 1. The summed E-state index contributed by atoms with van der Waals surface area (Å²) in [7, 11) is 0. The highest BCUT2D eigenvalue weighted by Gasteiger charge is 2.67. The minimum atomic E-state index is -0.563. The molecule has 1 spiro atoms. The number of phenols is 1. The van der Waals surface area contributed by atoms with Gasteiger partial charge in [-0.25, -0.2) is 0 Å². The number of fused-ring (bicyclic) bond motifs is 3. The van der Waals surface area contributed by atoms with E-state index < -0.39 is 5.60 Å². The lowest BCUT2D eigenvalue weighted by molar-refractivity contribution is -0.210. The predicted octanol–water partition coefficient (Wildman–Crippen LogP) is 3.92. The molecule has 0 unspecified atom stereocenters. The van der Waals surface area contributed by atoms with Crippen LogP contribution in [0.2, 0.25) is 0 Å². The van der Waals surface area contributed by atoms with Gasteiger partial charge < -0.3 is 14.9 Å². The van der Waals surface area contributed by atoms with Crippen LogP contribution in [-0.2, 0) is 6.42 Å². The average molecular weight is 386 g/mol. The normalized spacial score (nSPS) is 38.4. The lowest BCUT2D eigenvalue weighted by Crippen LogP contribution is -2.66. The Morgan fingerprint density at radius 1 is 1.14 bits per heavy atom. The Hall–Kier alpha value is -1.88. The molecule has 152 valence electrons. The first-order chi connectivity index (χ1) is 13.1. The molecule has 4 rings (SSSR count). The number of aldehydes is 2. The molecule has 1 heterocycles. The number of aliphatic hydroxyl groups is 1. The molecule has 5 nitrogen and oxygen atoms in total. The highest BCUT2D eigenvalue weighted by atomic mass is 16.5. The molecule has 0 radical (unpaired) electrons. The molecule has 2 N–H and O–H groups in total. The smallest absolute Gasteiger partial charge is 0.154 e. The van der Waals surface area contributed by atoms with Gasteiger partial charge in [0.15, 0.2) is 12.6 Å². The molecular weight excluding hydrogens is 356 g/mol. The summed E-state index contributed by atoms with van der Waals surface area (Å²) >= 11 is 0. The number of phenolic OH excluding ortho intramolecular Hbond substituents is 1. The van der Waals surface area contributed by atoms with Crippen LogP contribution in [0.5, 0.6) is 11.5 Å². The van der Waals surface area contributed by atoms with Gasteiger partial charge in [-0.2, -0.15) is 0 Å². The van der Waals surface area contributed by atoms with Crippen LogP contribution in [0.25, 0.3) is 0 Å². The molecule has 0 bridgehead atoms. The van der Waals surface area contributed by atoms with Crippen LogP contribution in [0.4, 0.5) is 0 Å². The van der Waals surface area contributed by atoms with Crippen LogP contribution >= 0.6 is 0 Å². The van der Waals surface area contributed by atoms with Crippen LogP contribution in [0.15, 0.2) is 6.07 Å². The largest absolute Gasteiger partial charge is 0.508 e. The van der Waals surface area contributed by atoms with Crippen LogP contribution in [-0.4, -0.2) is 34.5 Å². The second kappa shape index (κ2) is 6.06. The van der Waals surface area contributed by atoms with E-state index in [1.165, 1.54) is 6.07 Å². The zero-order valence-electron chi connectivity index (χ0n) is 17.1. The van der Waals surface area contributed by atoms with Gasteiger partial charge in [0, 0.05) is 23.0 Å². The number of hydrogen-bond donors (Lipinski definition) is 2. The summed E-state index contributed by atoms with van der Waals surface area (Å²) in [6.45, 7) is 8.73. The summed E-state index contributed by atoms with van der Waals surface area (Å²) in [5, 5.41) is 21.3. The molecule has 0 aromatic heterocycles. The van der Waals surface area contributed by atoms with Crippen molar-refractivity contribution in [1.29, 1.82) is 0 Å². The maximum Gasteiger partial charge on any atom is 0.154 e. The molecule has 5 atom stereocenters. The summed E-state index contributed by atoms with van der Waals surface area (Å²) in [4.78, 5) is 23.2. The van der Waals surface area contributed by atoms with E-state index in [4.69, 9.17) is 4.74 Å². The van der Waals surface area contributed by atoms with Gasteiger partial charge in [0.2, 0.25) is 0 Å². The molecule has 1 aliphatic heterocycles. The van der Waals surface area contributed by atoms with E-state index in [9.17, 15) is 19.8 Å². The number of carbonyl (C=O) groups excluding carboxylic acids is 2. The molecule has 3 aliphatic rings. The Morgan fingerprint density at radius 2 is 1.86 bits per heavy atom. The summed E-state index contributed by atoms with van der Waals surface area (Å²) in [6, 6.07) is 1.37. The second-order valence-corrected chi connectivity index (χ2v) is 9.93. The van der Waals surface area contributed by atoms with Crippen LogP contribution in [0.1, 0.15) is 79.7 Å². The first-order valence-electron chi connectivity index (χ1n) is 10.3. The van der Waals surface area contributed by atoms with E-state index in [-0.39, 0.29) is 45.6 Å². The topological polar surface area (TPSA) is 83.8 Å². The molecule has 2 aliphatic carbocycles. The van der Waals surface area contributed by atoms with Gasteiger partial charge in [-0.3, -0.25) is 9.59 Å². The standard InChI is InChI=1S/C23H30O5/c1-13-5-6-18-21(2,3)19(27)7-8-22(18,4)23(13)10-15-17(26)9-14(11-24)16(12-25)20(15)28-23/h9,11-13,18-19,26-27H,5-8,10H2,1-4H3/t13-,18-,19-,22+,23-/m1/s1. The molecule has 2 fully saturated rings. The number of rotatable bonds is 2. The summed E-state index contributed by atoms with van der Waals surface area (Å²) in [6.07, 6.45) is 4.95. The fourth-order valence-corrected chi connectivity index (χ4v) is 6.75. The van der Waals surface area contributed by atoms with Gasteiger partial charge in [-0.05, 0) is 49.0 Å². The molecule has 1 aromatic rings. The van der Waals surface area contributed by atoms with Crippen molar-refractivity contribution >= 4 is 12.6 Å². The Morgan fingerprint density at radius 3 is 2.50 bits per heavy atom. The van der Waals surface area contributed by atoms with Crippen molar-refractivity contribution in [2.75, 3.05) is 0 Å². The highest BCUT2D eigenvalue weighted by molar-refractivity contribution is 5.95. The van der Waals surface area contributed by atoms with E-state index in [1.807, 2.05) is 0 Å². The summed E-state index contributed by atoms with van der Waals surface area (Å²) < 4.78 is 6.66. The third kappa shape index (κ3) is 2.23. The Balaban J connectivity index is 1.88. The maximum atomic E-state index is 11.8. The quantitative estimate of drug-likeness (QED) is 0.753. The van der Waals surface area contributed by atoms with E-state index in [0.717, 1.165) is 19.3 Å². The fraction of sp³-hybridized carbons (Fsp3) is 0.652. The van der Waals surface area contributed by atoms with Crippen molar-refractivity contribution in [3.05, 3.63) is 22.8 Å². The zero-order valence-corrected chi connectivity index (χ0v) is 17.1. The number of aliphatic hydroxyl groups excluding tert-OH is 1. The first kappa shape index (κ1) is 19.4. The molecule has 28 heavy (non-hydrogen) atoms. The molecule has 2 saturated carbocycles. The van der Waals surface area contributed by atoms with Crippen molar-refractivity contribution in [3.8, 4) is 11.5 Å². The van der Waals surface area contributed by atoms with Crippen LogP contribution in [0.3, 0.4) is 0 Å². The van der Waals surface area contributed by atoms with Gasteiger partial charge in [-0.1, -0.05) is 27.7 Å². The SMILES string of the molecule is C[C@@H]1CC[C@@H]2C(C)(C)[C@H](O)CC[C@]2(C)[C@@]12Cc1c(O)cc(C=O)c(C=O)c1O2. The van der Waals surface area contributed by atoms with Gasteiger partial charge >= 0.3 is 0 Å². The second-order valence-electron chi connectivity index (χ2n) is 9.93. The monoisotopic (exact) mass is 386 g/mol.